The lowest BCUT2D eigenvalue weighted by molar-refractivity contribution is -0.126. The molecule has 96 valence electrons. The Morgan fingerprint density at radius 3 is 2.11 bits per heavy atom. The predicted octanol–water partition coefficient (Wildman–Crippen LogP) is 1.66. The van der Waals surface area contributed by atoms with Gasteiger partial charge in [-0.1, -0.05) is 6.07 Å². The van der Waals surface area contributed by atoms with Crippen LogP contribution in [0.4, 0.5) is 0 Å². The van der Waals surface area contributed by atoms with Gasteiger partial charge in [-0.2, -0.15) is 0 Å². The van der Waals surface area contributed by atoms with E-state index >= 15 is 0 Å². The highest BCUT2D eigenvalue weighted by molar-refractivity contribution is 6.07. The van der Waals surface area contributed by atoms with Gasteiger partial charge in [0.2, 0.25) is 0 Å². The molecule has 0 aliphatic carbocycles. The molecule has 5 heteroatoms. The summed E-state index contributed by atoms with van der Waals surface area (Å²) in [4.78, 5) is 34.1. The second-order valence-electron chi connectivity index (χ2n) is 3.91. The van der Waals surface area contributed by atoms with Crippen LogP contribution in [0.1, 0.15) is 35.7 Å². The maximum absolute atomic E-state index is 11.5. The molecule has 0 aliphatic rings. The first-order valence-electron chi connectivity index (χ1n) is 5.30. The number of carbonyl (C=O) groups is 3. The number of rotatable bonds is 5. The Bertz CT molecular complexity index is 490. The molecule has 0 fully saturated rings. The van der Waals surface area contributed by atoms with E-state index < -0.39 is 11.9 Å². The van der Waals surface area contributed by atoms with Gasteiger partial charge in [-0.05, 0) is 31.5 Å². The van der Waals surface area contributed by atoms with Crippen molar-refractivity contribution < 1.29 is 24.2 Å². The minimum absolute atomic E-state index is 0.0928. The van der Waals surface area contributed by atoms with Crippen molar-refractivity contribution in [2.24, 2.45) is 0 Å². The number of methoxy groups -OCH3 is 1. The fourth-order valence-corrected chi connectivity index (χ4v) is 1.82. The van der Waals surface area contributed by atoms with E-state index in [2.05, 4.69) is 0 Å². The second-order valence-corrected chi connectivity index (χ2v) is 3.91. The van der Waals surface area contributed by atoms with Gasteiger partial charge in [-0.3, -0.25) is 9.59 Å². The molecule has 1 aromatic carbocycles. The van der Waals surface area contributed by atoms with E-state index in [9.17, 15) is 14.4 Å². The fourth-order valence-electron chi connectivity index (χ4n) is 1.82. The molecule has 5 nitrogen and oxygen atoms in total. The van der Waals surface area contributed by atoms with Gasteiger partial charge < -0.3 is 9.84 Å². The number of carboxylic acids is 1. The van der Waals surface area contributed by atoms with E-state index in [1.165, 1.54) is 39.2 Å². The quantitative estimate of drug-likeness (QED) is 0.804. The van der Waals surface area contributed by atoms with Crippen LogP contribution in [-0.2, 0) is 9.59 Å². The fraction of sp³-hybridized carbons (Fsp3) is 0.308. The molecule has 0 amide bonds. The summed E-state index contributed by atoms with van der Waals surface area (Å²) in [7, 11) is 1.41. The normalized spacial score (nSPS) is 10.2. The van der Waals surface area contributed by atoms with Gasteiger partial charge in [-0.15, -0.1) is 0 Å². The van der Waals surface area contributed by atoms with Gasteiger partial charge in [0.15, 0.2) is 0 Å². The first kappa shape index (κ1) is 13.9. The number of benzene rings is 1. The van der Waals surface area contributed by atoms with Crippen molar-refractivity contribution in [3.8, 4) is 5.75 Å². The number of hydrogen-bond donors (Lipinski definition) is 1. The van der Waals surface area contributed by atoms with Gasteiger partial charge in [0.1, 0.15) is 23.2 Å². The molecule has 18 heavy (non-hydrogen) atoms. The zero-order chi connectivity index (χ0) is 13.9. The molecule has 0 saturated carbocycles. The second kappa shape index (κ2) is 5.44. The third kappa shape index (κ3) is 2.74. The van der Waals surface area contributed by atoms with Gasteiger partial charge >= 0.3 is 5.97 Å². The summed E-state index contributed by atoms with van der Waals surface area (Å²) in [5.41, 5.74) is 0.105. The van der Waals surface area contributed by atoms with Crippen LogP contribution in [0.3, 0.4) is 0 Å². The monoisotopic (exact) mass is 250 g/mol. The van der Waals surface area contributed by atoms with Crippen molar-refractivity contribution in [1.82, 2.24) is 0 Å². The minimum atomic E-state index is -1.20. The first-order valence-corrected chi connectivity index (χ1v) is 5.30. The van der Waals surface area contributed by atoms with E-state index in [1.54, 1.807) is 0 Å². The van der Waals surface area contributed by atoms with Crippen molar-refractivity contribution in [2.75, 3.05) is 7.11 Å². The lowest BCUT2D eigenvalue weighted by Crippen LogP contribution is -2.20. The number of aromatic carboxylic acids is 1. The number of hydrogen-bond acceptors (Lipinski definition) is 4. The van der Waals surface area contributed by atoms with Gasteiger partial charge in [0, 0.05) is 0 Å². The summed E-state index contributed by atoms with van der Waals surface area (Å²) in [5, 5.41) is 9.12. The highest BCUT2D eigenvalue weighted by Crippen LogP contribution is 2.26. The Kier molecular flexibility index (Phi) is 4.20. The molecule has 1 rings (SSSR count). The average Bonchev–Trinajstić information content (AvgIpc) is 2.28. The predicted molar refractivity (Wildman–Crippen MR) is 64.1 cm³/mol. The van der Waals surface area contributed by atoms with Crippen molar-refractivity contribution in [3.63, 3.8) is 0 Å². The van der Waals surface area contributed by atoms with Crippen molar-refractivity contribution in [2.45, 2.75) is 19.8 Å². The summed E-state index contributed by atoms with van der Waals surface area (Å²) in [6.07, 6.45) is 0. The number of Topliss-reactive ketones (excluding diaryl/α,β-unsaturated/α-hetero) is 2. The van der Waals surface area contributed by atoms with Gasteiger partial charge in [0.25, 0.3) is 0 Å². The molecule has 0 aromatic heterocycles. The molecule has 1 aromatic rings. The van der Waals surface area contributed by atoms with Crippen LogP contribution in [0.25, 0.3) is 0 Å². The van der Waals surface area contributed by atoms with Crippen LogP contribution in [0.15, 0.2) is 18.2 Å². The average molecular weight is 250 g/mol. The Morgan fingerprint density at radius 1 is 1.17 bits per heavy atom. The highest BCUT2D eigenvalue weighted by Gasteiger charge is 2.26. The van der Waals surface area contributed by atoms with E-state index in [4.69, 9.17) is 9.84 Å². The molecular weight excluding hydrogens is 236 g/mol. The SMILES string of the molecule is COc1ccc(C(C(C)=O)C(C)=O)c(C(=O)O)c1. The summed E-state index contributed by atoms with van der Waals surface area (Å²) < 4.78 is 4.93. The van der Waals surface area contributed by atoms with E-state index in [-0.39, 0.29) is 22.7 Å². The summed E-state index contributed by atoms with van der Waals surface area (Å²) >= 11 is 0. The van der Waals surface area contributed by atoms with Crippen LogP contribution < -0.4 is 4.74 Å². The molecule has 0 spiro atoms. The molecule has 0 unspecified atom stereocenters. The Morgan fingerprint density at radius 2 is 1.72 bits per heavy atom. The van der Waals surface area contributed by atoms with Crippen molar-refractivity contribution in [3.05, 3.63) is 29.3 Å². The number of carboxylic acid groups (broad SMARTS) is 1. The summed E-state index contributed by atoms with van der Waals surface area (Å²) in [5.74, 6) is -2.63. The van der Waals surface area contributed by atoms with E-state index in [1.807, 2.05) is 0 Å². The van der Waals surface area contributed by atoms with Crippen molar-refractivity contribution >= 4 is 17.5 Å². The first-order chi connectivity index (χ1) is 8.38. The molecular formula is C13H14O5. The lowest BCUT2D eigenvalue weighted by Gasteiger charge is -2.14. The topological polar surface area (TPSA) is 80.7 Å². The highest BCUT2D eigenvalue weighted by atomic mass is 16.5. The van der Waals surface area contributed by atoms with E-state index in [0.29, 0.717) is 5.75 Å². The third-order valence-electron chi connectivity index (χ3n) is 2.61. The van der Waals surface area contributed by atoms with Crippen LogP contribution in [0, 0.1) is 0 Å². The third-order valence-corrected chi connectivity index (χ3v) is 2.61. The summed E-state index contributed by atoms with van der Waals surface area (Å²) in [6.45, 7) is 2.53. The summed E-state index contributed by atoms with van der Waals surface area (Å²) in [6, 6.07) is 4.27. The van der Waals surface area contributed by atoms with Crippen LogP contribution in [-0.4, -0.2) is 29.8 Å². The molecule has 0 atom stereocenters. The zero-order valence-corrected chi connectivity index (χ0v) is 10.4. The van der Waals surface area contributed by atoms with Gasteiger partial charge in [0.05, 0.1) is 12.7 Å². The number of ketones is 2. The van der Waals surface area contributed by atoms with Crippen LogP contribution in [0.2, 0.25) is 0 Å². The Hall–Kier alpha value is -2.17. The van der Waals surface area contributed by atoms with E-state index in [0.717, 1.165) is 0 Å². The van der Waals surface area contributed by atoms with Gasteiger partial charge in [-0.25, -0.2) is 4.79 Å². The molecule has 0 bridgehead atoms. The minimum Gasteiger partial charge on any atom is -0.497 e. The van der Waals surface area contributed by atoms with Crippen LogP contribution >= 0.6 is 0 Å². The zero-order valence-electron chi connectivity index (χ0n) is 10.4. The standard InChI is InChI=1S/C13H14O5/c1-7(14)12(8(2)15)10-5-4-9(18-3)6-11(10)13(16)17/h4-6,12H,1-3H3,(H,16,17). The molecule has 1 N–H and O–H groups in total. The molecule has 0 radical (unpaired) electrons. The smallest absolute Gasteiger partial charge is 0.336 e. The number of ether oxygens (including phenoxy) is 1. The van der Waals surface area contributed by atoms with Crippen molar-refractivity contribution in [1.29, 1.82) is 0 Å². The Labute approximate surface area is 104 Å². The largest absolute Gasteiger partial charge is 0.497 e. The maximum Gasteiger partial charge on any atom is 0.336 e. The molecule has 0 saturated heterocycles. The Balaban J connectivity index is 3.42. The molecule has 0 aliphatic heterocycles. The molecule has 0 heterocycles. The van der Waals surface area contributed by atoms with Crippen LogP contribution in [0.5, 0.6) is 5.75 Å². The maximum atomic E-state index is 11.5. The number of carbonyl (C=O) groups excluding carboxylic acids is 2. The lowest BCUT2D eigenvalue weighted by atomic mass is 9.88.